The number of amides is 1. The fourth-order valence-corrected chi connectivity index (χ4v) is 2.79. The zero-order chi connectivity index (χ0) is 18.5. The quantitative estimate of drug-likeness (QED) is 0.750. The first kappa shape index (κ1) is 17.7. The van der Waals surface area contributed by atoms with Crippen LogP contribution >= 0.6 is 11.3 Å². The molecule has 10 heteroatoms. The number of ether oxygens (including phenoxy) is 4. The Morgan fingerprint density at radius 3 is 2.88 bits per heavy atom. The van der Waals surface area contributed by atoms with E-state index in [9.17, 15) is 14.4 Å². The predicted molar refractivity (Wildman–Crippen MR) is 89.3 cm³/mol. The van der Waals surface area contributed by atoms with E-state index in [4.69, 9.17) is 14.2 Å². The van der Waals surface area contributed by atoms with Crippen LogP contribution in [0.3, 0.4) is 0 Å². The fourth-order valence-electron chi connectivity index (χ4n) is 2.06. The average Bonchev–Trinajstić information content (AvgIpc) is 3.28. The summed E-state index contributed by atoms with van der Waals surface area (Å²) in [5, 5.41) is 4.43. The zero-order valence-electron chi connectivity index (χ0n) is 13.6. The lowest BCUT2D eigenvalue weighted by Crippen LogP contribution is -2.21. The van der Waals surface area contributed by atoms with Crippen molar-refractivity contribution in [3.05, 3.63) is 34.8 Å². The molecule has 0 fully saturated rings. The van der Waals surface area contributed by atoms with Crippen molar-refractivity contribution in [2.24, 2.45) is 0 Å². The van der Waals surface area contributed by atoms with Gasteiger partial charge < -0.3 is 18.9 Å². The molecule has 0 bridgehead atoms. The molecule has 0 saturated heterocycles. The second-order valence-electron chi connectivity index (χ2n) is 5.09. The summed E-state index contributed by atoms with van der Waals surface area (Å²) in [6.07, 6.45) is 0.0158. The van der Waals surface area contributed by atoms with E-state index in [2.05, 4.69) is 15.0 Å². The summed E-state index contributed by atoms with van der Waals surface area (Å²) in [7, 11) is 1.28. The number of anilines is 1. The Labute approximate surface area is 151 Å². The van der Waals surface area contributed by atoms with Crippen molar-refractivity contribution < 1.29 is 33.3 Å². The first-order valence-electron chi connectivity index (χ1n) is 7.43. The highest BCUT2D eigenvalue weighted by atomic mass is 32.1. The Morgan fingerprint density at radius 1 is 1.27 bits per heavy atom. The minimum atomic E-state index is -0.663. The number of aromatic nitrogens is 1. The molecule has 1 amide bonds. The number of nitrogens with one attached hydrogen (secondary N) is 1. The van der Waals surface area contributed by atoms with Gasteiger partial charge in [-0.25, -0.2) is 9.78 Å². The van der Waals surface area contributed by atoms with Gasteiger partial charge in [0.05, 0.1) is 24.8 Å². The van der Waals surface area contributed by atoms with Gasteiger partial charge >= 0.3 is 11.9 Å². The molecule has 1 N–H and O–H groups in total. The molecular formula is C16H14N2O7S. The Bertz CT molecular complexity index is 849. The summed E-state index contributed by atoms with van der Waals surface area (Å²) < 4.78 is 19.8. The number of fused-ring (bicyclic) bond motifs is 1. The van der Waals surface area contributed by atoms with Crippen LogP contribution < -0.4 is 14.8 Å². The van der Waals surface area contributed by atoms with Crippen LogP contribution in [0.5, 0.6) is 11.5 Å². The molecule has 0 unspecified atom stereocenters. The van der Waals surface area contributed by atoms with Crippen LogP contribution in [-0.2, 0) is 25.5 Å². The van der Waals surface area contributed by atoms with Crippen molar-refractivity contribution in [1.82, 2.24) is 4.98 Å². The maximum absolute atomic E-state index is 12.0. The lowest BCUT2D eigenvalue weighted by Gasteiger charge is -2.05. The van der Waals surface area contributed by atoms with Gasteiger partial charge in [0, 0.05) is 5.38 Å². The molecule has 0 radical (unpaired) electrons. The number of carbonyl (C=O) groups is 3. The van der Waals surface area contributed by atoms with E-state index in [1.807, 2.05) is 0 Å². The largest absolute Gasteiger partial charge is 0.469 e. The molecule has 26 heavy (non-hydrogen) atoms. The first-order valence-corrected chi connectivity index (χ1v) is 8.31. The molecule has 136 valence electrons. The minimum Gasteiger partial charge on any atom is -0.469 e. The van der Waals surface area contributed by atoms with Crippen molar-refractivity contribution in [3.63, 3.8) is 0 Å². The Hall–Kier alpha value is -3.14. The molecule has 1 aromatic heterocycles. The molecular weight excluding hydrogens is 364 g/mol. The number of rotatable bonds is 6. The summed E-state index contributed by atoms with van der Waals surface area (Å²) in [6, 6.07) is 4.60. The van der Waals surface area contributed by atoms with Gasteiger partial charge in [0.25, 0.3) is 5.91 Å². The number of esters is 2. The maximum atomic E-state index is 12.0. The van der Waals surface area contributed by atoms with Crippen molar-refractivity contribution in [2.45, 2.75) is 6.42 Å². The first-order chi connectivity index (χ1) is 12.5. The van der Waals surface area contributed by atoms with Gasteiger partial charge in [-0.05, 0) is 18.2 Å². The van der Waals surface area contributed by atoms with E-state index in [1.54, 1.807) is 11.4 Å². The van der Waals surface area contributed by atoms with Gasteiger partial charge in [-0.2, -0.15) is 0 Å². The van der Waals surface area contributed by atoms with Crippen molar-refractivity contribution >= 4 is 34.3 Å². The zero-order valence-corrected chi connectivity index (χ0v) is 14.5. The smallest absolute Gasteiger partial charge is 0.338 e. The number of methoxy groups -OCH3 is 1. The summed E-state index contributed by atoms with van der Waals surface area (Å²) in [6.45, 7) is -0.374. The maximum Gasteiger partial charge on any atom is 0.338 e. The standard InChI is InChI=1S/C16H14N2O7S/c1-22-14(20)5-10-7-26-16(17-10)18-13(19)6-23-15(21)9-2-3-11-12(4-9)25-8-24-11/h2-4,7H,5-6,8H2,1H3,(H,17,18,19). The van der Waals surface area contributed by atoms with E-state index in [1.165, 1.54) is 19.2 Å². The van der Waals surface area contributed by atoms with Crippen molar-refractivity contribution in [1.29, 1.82) is 0 Å². The molecule has 9 nitrogen and oxygen atoms in total. The van der Waals surface area contributed by atoms with Gasteiger partial charge in [0.1, 0.15) is 0 Å². The Kier molecular flexibility index (Phi) is 5.32. The third-order valence-corrected chi connectivity index (χ3v) is 4.10. The van der Waals surface area contributed by atoms with E-state index in [0.29, 0.717) is 22.3 Å². The predicted octanol–water partition coefficient (Wildman–Crippen LogP) is 1.38. The van der Waals surface area contributed by atoms with E-state index in [0.717, 1.165) is 11.3 Å². The third kappa shape index (κ3) is 4.28. The van der Waals surface area contributed by atoms with Crippen LogP contribution in [0.25, 0.3) is 0 Å². The topological polar surface area (TPSA) is 113 Å². The van der Waals surface area contributed by atoms with E-state index >= 15 is 0 Å². The monoisotopic (exact) mass is 378 g/mol. The highest BCUT2D eigenvalue weighted by molar-refractivity contribution is 7.13. The van der Waals surface area contributed by atoms with E-state index < -0.39 is 24.5 Å². The molecule has 0 spiro atoms. The summed E-state index contributed by atoms with van der Waals surface area (Å²) in [5.41, 5.74) is 0.728. The van der Waals surface area contributed by atoms with Crippen LogP contribution in [0.1, 0.15) is 16.1 Å². The number of thiazole rings is 1. The van der Waals surface area contributed by atoms with Gasteiger partial charge in [-0.15, -0.1) is 11.3 Å². The second kappa shape index (κ2) is 7.83. The second-order valence-corrected chi connectivity index (χ2v) is 5.95. The van der Waals surface area contributed by atoms with Crippen LogP contribution in [0, 0.1) is 0 Å². The number of hydrogen-bond donors (Lipinski definition) is 1. The lowest BCUT2D eigenvalue weighted by molar-refractivity contribution is -0.139. The summed E-state index contributed by atoms with van der Waals surface area (Å²) >= 11 is 1.15. The molecule has 0 atom stereocenters. The Balaban J connectivity index is 1.49. The van der Waals surface area contributed by atoms with Crippen LogP contribution in [0.4, 0.5) is 5.13 Å². The molecule has 1 aliphatic heterocycles. The Morgan fingerprint density at radius 2 is 2.08 bits per heavy atom. The molecule has 2 heterocycles. The van der Waals surface area contributed by atoms with Crippen LogP contribution in [0.2, 0.25) is 0 Å². The highest BCUT2D eigenvalue weighted by Crippen LogP contribution is 2.32. The number of nitrogens with zero attached hydrogens (tertiary/aromatic N) is 1. The molecule has 1 aliphatic rings. The third-order valence-electron chi connectivity index (χ3n) is 3.29. The van der Waals surface area contributed by atoms with Crippen LogP contribution in [0.15, 0.2) is 23.6 Å². The highest BCUT2D eigenvalue weighted by Gasteiger charge is 2.18. The molecule has 2 aromatic rings. The number of benzene rings is 1. The number of carbonyl (C=O) groups excluding carboxylic acids is 3. The normalized spacial score (nSPS) is 11.7. The van der Waals surface area contributed by atoms with Crippen molar-refractivity contribution in [3.8, 4) is 11.5 Å². The van der Waals surface area contributed by atoms with E-state index in [-0.39, 0.29) is 18.8 Å². The van der Waals surface area contributed by atoms with Crippen molar-refractivity contribution in [2.75, 3.05) is 25.8 Å². The molecule has 0 aliphatic carbocycles. The van der Waals surface area contributed by atoms with Gasteiger partial charge in [0.2, 0.25) is 6.79 Å². The molecule has 3 rings (SSSR count). The SMILES string of the molecule is COC(=O)Cc1csc(NC(=O)COC(=O)c2ccc3c(c2)OCO3)n1. The van der Waals surface area contributed by atoms with Crippen LogP contribution in [-0.4, -0.2) is 43.3 Å². The van der Waals surface area contributed by atoms with Gasteiger partial charge in [0.15, 0.2) is 23.2 Å². The average molecular weight is 378 g/mol. The minimum absolute atomic E-state index is 0.0158. The molecule has 0 saturated carbocycles. The van der Waals surface area contributed by atoms with Gasteiger partial charge in [-0.3, -0.25) is 14.9 Å². The summed E-state index contributed by atoms with van der Waals surface area (Å²) in [5.74, 6) is -0.636. The summed E-state index contributed by atoms with van der Waals surface area (Å²) in [4.78, 5) is 39.1. The van der Waals surface area contributed by atoms with Gasteiger partial charge in [-0.1, -0.05) is 0 Å². The number of hydrogen-bond acceptors (Lipinski definition) is 9. The fraction of sp³-hybridized carbons (Fsp3) is 0.250. The lowest BCUT2D eigenvalue weighted by atomic mass is 10.2. The molecule has 1 aromatic carbocycles.